The Morgan fingerprint density at radius 3 is 2.71 bits per heavy atom. The number of nitrogens with two attached hydrogens (primary N) is 1. The standard InChI is InChI=1S/C11H19N5O/c1-7(2)11-15-9(12)6-10(16-11)14-5-4-13-8(3)17/h6-7H,4-5H2,1-3H3,(H,13,17)(H3,12,14,15,16). The van der Waals surface area contributed by atoms with E-state index in [0.29, 0.717) is 30.5 Å². The molecular formula is C11H19N5O. The first-order chi connectivity index (χ1) is 7.99. The van der Waals surface area contributed by atoms with Gasteiger partial charge in [-0.15, -0.1) is 0 Å². The molecule has 0 unspecified atom stereocenters. The second kappa shape index (κ2) is 6.03. The fourth-order valence-corrected chi connectivity index (χ4v) is 1.26. The van der Waals surface area contributed by atoms with Crippen molar-refractivity contribution >= 4 is 17.5 Å². The molecule has 94 valence electrons. The van der Waals surface area contributed by atoms with Gasteiger partial charge in [-0.05, 0) is 0 Å². The quantitative estimate of drug-likeness (QED) is 0.656. The Hall–Kier alpha value is -1.85. The van der Waals surface area contributed by atoms with Crippen molar-refractivity contribution in [1.82, 2.24) is 15.3 Å². The lowest BCUT2D eigenvalue weighted by Crippen LogP contribution is -2.26. The van der Waals surface area contributed by atoms with Crippen LogP contribution in [0.15, 0.2) is 6.07 Å². The van der Waals surface area contributed by atoms with Crippen molar-refractivity contribution in [3.63, 3.8) is 0 Å². The predicted molar refractivity (Wildman–Crippen MR) is 67.7 cm³/mol. The Balaban J connectivity index is 2.55. The molecular weight excluding hydrogens is 218 g/mol. The summed E-state index contributed by atoms with van der Waals surface area (Å²) in [6.07, 6.45) is 0. The summed E-state index contributed by atoms with van der Waals surface area (Å²) in [6, 6.07) is 1.68. The third kappa shape index (κ3) is 4.67. The first kappa shape index (κ1) is 13.2. The van der Waals surface area contributed by atoms with E-state index in [1.807, 2.05) is 13.8 Å². The Kier molecular flexibility index (Phi) is 4.68. The van der Waals surface area contributed by atoms with E-state index in [1.54, 1.807) is 6.07 Å². The maximum Gasteiger partial charge on any atom is 0.216 e. The lowest BCUT2D eigenvalue weighted by Gasteiger charge is -2.10. The van der Waals surface area contributed by atoms with Crippen molar-refractivity contribution in [2.24, 2.45) is 0 Å². The molecule has 0 aliphatic carbocycles. The number of amides is 1. The number of anilines is 2. The molecule has 1 rings (SSSR count). The molecule has 6 nitrogen and oxygen atoms in total. The SMILES string of the molecule is CC(=O)NCCNc1cc(N)nc(C(C)C)n1. The number of carbonyl (C=O) groups is 1. The number of nitrogens with zero attached hydrogens (tertiary/aromatic N) is 2. The second-order valence-corrected chi connectivity index (χ2v) is 4.10. The van der Waals surface area contributed by atoms with Gasteiger partial charge in [0.1, 0.15) is 17.5 Å². The van der Waals surface area contributed by atoms with Gasteiger partial charge in [0.2, 0.25) is 5.91 Å². The zero-order valence-corrected chi connectivity index (χ0v) is 10.4. The Morgan fingerprint density at radius 2 is 2.12 bits per heavy atom. The number of hydrogen-bond acceptors (Lipinski definition) is 5. The normalized spacial score (nSPS) is 10.4. The molecule has 1 aromatic heterocycles. The van der Waals surface area contributed by atoms with Crippen molar-refractivity contribution in [2.45, 2.75) is 26.7 Å². The molecule has 0 bridgehead atoms. The lowest BCUT2D eigenvalue weighted by atomic mass is 10.2. The minimum absolute atomic E-state index is 0.0446. The van der Waals surface area contributed by atoms with Crippen LogP contribution in [0.2, 0.25) is 0 Å². The van der Waals surface area contributed by atoms with Crippen LogP contribution >= 0.6 is 0 Å². The van der Waals surface area contributed by atoms with E-state index >= 15 is 0 Å². The van der Waals surface area contributed by atoms with Gasteiger partial charge in [0, 0.05) is 32.0 Å². The molecule has 0 spiro atoms. The third-order valence-corrected chi connectivity index (χ3v) is 2.08. The van der Waals surface area contributed by atoms with E-state index in [9.17, 15) is 4.79 Å². The highest BCUT2D eigenvalue weighted by Gasteiger charge is 2.06. The first-order valence-corrected chi connectivity index (χ1v) is 5.62. The molecule has 0 saturated carbocycles. The predicted octanol–water partition coefficient (Wildman–Crippen LogP) is 0.730. The fraction of sp³-hybridized carbons (Fsp3) is 0.545. The van der Waals surface area contributed by atoms with E-state index in [2.05, 4.69) is 20.6 Å². The van der Waals surface area contributed by atoms with Gasteiger partial charge in [-0.25, -0.2) is 9.97 Å². The molecule has 6 heteroatoms. The van der Waals surface area contributed by atoms with Crippen molar-refractivity contribution in [1.29, 1.82) is 0 Å². The molecule has 0 fully saturated rings. The van der Waals surface area contributed by atoms with Gasteiger partial charge >= 0.3 is 0 Å². The minimum Gasteiger partial charge on any atom is -0.384 e. The van der Waals surface area contributed by atoms with Gasteiger partial charge < -0.3 is 16.4 Å². The zero-order valence-electron chi connectivity index (χ0n) is 10.4. The Bertz CT molecular complexity index is 391. The Morgan fingerprint density at radius 1 is 1.41 bits per heavy atom. The summed E-state index contributed by atoms with van der Waals surface area (Å²) < 4.78 is 0. The van der Waals surface area contributed by atoms with Gasteiger partial charge in [0.25, 0.3) is 0 Å². The van der Waals surface area contributed by atoms with Crippen molar-refractivity contribution in [3.8, 4) is 0 Å². The average molecular weight is 237 g/mol. The summed E-state index contributed by atoms with van der Waals surface area (Å²) in [4.78, 5) is 19.1. The van der Waals surface area contributed by atoms with Gasteiger partial charge in [0.15, 0.2) is 0 Å². The molecule has 1 aromatic rings. The average Bonchev–Trinajstić information content (AvgIpc) is 2.23. The number of carbonyl (C=O) groups excluding carboxylic acids is 1. The number of nitrogen functional groups attached to an aromatic ring is 1. The third-order valence-electron chi connectivity index (χ3n) is 2.08. The van der Waals surface area contributed by atoms with Crippen LogP contribution in [0.25, 0.3) is 0 Å². The molecule has 17 heavy (non-hydrogen) atoms. The van der Waals surface area contributed by atoms with Crippen LogP contribution in [-0.2, 0) is 4.79 Å². The van der Waals surface area contributed by atoms with E-state index in [1.165, 1.54) is 6.92 Å². The molecule has 4 N–H and O–H groups in total. The van der Waals surface area contributed by atoms with Crippen LogP contribution < -0.4 is 16.4 Å². The Labute approximate surface area is 101 Å². The number of hydrogen-bond donors (Lipinski definition) is 3. The summed E-state index contributed by atoms with van der Waals surface area (Å²) in [5, 5.41) is 5.78. The van der Waals surface area contributed by atoms with Crippen LogP contribution in [0, 0.1) is 0 Å². The number of aromatic nitrogens is 2. The number of rotatable bonds is 5. The van der Waals surface area contributed by atoms with Crippen LogP contribution in [0.4, 0.5) is 11.6 Å². The first-order valence-electron chi connectivity index (χ1n) is 5.62. The maximum absolute atomic E-state index is 10.7. The van der Waals surface area contributed by atoms with Gasteiger partial charge in [-0.3, -0.25) is 4.79 Å². The van der Waals surface area contributed by atoms with Crippen LogP contribution in [0.5, 0.6) is 0 Å². The largest absolute Gasteiger partial charge is 0.384 e. The highest BCUT2D eigenvalue weighted by Crippen LogP contribution is 2.14. The van der Waals surface area contributed by atoms with Gasteiger partial charge in [-0.2, -0.15) is 0 Å². The summed E-state index contributed by atoms with van der Waals surface area (Å²) in [6.45, 7) is 6.66. The molecule has 0 aliphatic rings. The summed E-state index contributed by atoms with van der Waals surface area (Å²) >= 11 is 0. The minimum atomic E-state index is -0.0446. The monoisotopic (exact) mass is 237 g/mol. The van der Waals surface area contributed by atoms with E-state index < -0.39 is 0 Å². The highest BCUT2D eigenvalue weighted by atomic mass is 16.1. The summed E-state index contributed by atoms with van der Waals surface area (Å²) in [5.41, 5.74) is 5.69. The summed E-state index contributed by atoms with van der Waals surface area (Å²) in [5.74, 6) is 2.04. The van der Waals surface area contributed by atoms with Gasteiger partial charge in [-0.1, -0.05) is 13.8 Å². The van der Waals surface area contributed by atoms with E-state index in [0.717, 1.165) is 0 Å². The second-order valence-electron chi connectivity index (χ2n) is 4.10. The smallest absolute Gasteiger partial charge is 0.216 e. The zero-order chi connectivity index (χ0) is 12.8. The van der Waals surface area contributed by atoms with Crippen molar-refractivity contribution in [3.05, 3.63) is 11.9 Å². The number of nitrogens with one attached hydrogen (secondary N) is 2. The topological polar surface area (TPSA) is 92.9 Å². The van der Waals surface area contributed by atoms with Crippen molar-refractivity contribution in [2.75, 3.05) is 24.1 Å². The van der Waals surface area contributed by atoms with Crippen LogP contribution in [0.3, 0.4) is 0 Å². The van der Waals surface area contributed by atoms with Crippen LogP contribution in [0.1, 0.15) is 32.5 Å². The fourth-order valence-electron chi connectivity index (χ4n) is 1.26. The maximum atomic E-state index is 10.7. The van der Waals surface area contributed by atoms with E-state index in [4.69, 9.17) is 5.73 Å². The lowest BCUT2D eigenvalue weighted by molar-refractivity contribution is -0.118. The molecule has 0 aliphatic heterocycles. The highest BCUT2D eigenvalue weighted by molar-refractivity contribution is 5.72. The molecule has 0 aromatic carbocycles. The summed E-state index contributed by atoms with van der Waals surface area (Å²) in [7, 11) is 0. The molecule has 1 heterocycles. The van der Waals surface area contributed by atoms with Crippen LogP contribution in [-0.4, -0.2) is 29.0 Å². The van der Waals surface area contributed by atoms with E-state index in [-0.39, 0.29) is 11.8 Å². The molecule has 0 saturated heterocycles. The molecule has 0 radical (unpaired) electrons. The van der Waals surface area contributed by atoms with Crippen molar-refractivity contribution < 1.29 is 4.79 Å². The molecule has 1 amide bonds. The van der Waals surface area contributed by atoms with Gasteiger partial charge in [0.05, 0.1) is 0 Å². The molecule has 0 atom stereocenters.